The summed E-state index contributed by atoms with van der Waals surface area (Å²) in [7, 11) is 0. The van der Waals surface area contributed by atoms with E-state index in [9.17, 15) is 61.0 Å². The first-order valence-corrected chi connectivity index (χ1v) is 44.2. The summed E-state index contributed by atoms with van der Waals surface area (Å²) < 4.78 is 34.5. The molecule has 630 valence electrons. The Morgan fingerprint density at radius 3 is 1.00 bits per heavy atom. The van der Waals surface area contributed by atoms with E-state index >= 15 is 0 Å². The van der Waals surface area contributed by atoms with Crippen LogP contribution in [0, 0.1) is 0 Å². The number of carbonyl (C=O) groups excluding carboxylic acids is 1. The van der Waals surface area contributed by atoms with Crippen molar-refractivity contribution in [3.8, 4) is 0 Å². The number of rotatable bonds is 71. The highest BCUT2D eigenvalue weighted by Crippen LogP contribution is 2.33. The Hall–Kier alpha value is -2.77. The van der Waals surface area contributed by atoms with Gasteiger partial charge < -0.3 is 89.9 Å². The van der Waals surface area contributed by atoms with Crippen LogP contribution in [0.5, 0.6) is 0 Å². The third-order valence-electron chi connectivity index (χ3n) is 21.8. The molecule has 0 aromatic carbocycles. The van der Waals surface area contributed by atoms with E-state index in [1.165, 1.54) is 250 Å². The van der Waals surface area contributed by atoms with E-state index in [4.69, 9.17) is 28.4 Å². The molecule has 0 radical (unpaired) electrons. The quantitative estimate of drug-likeness (QED) is 0.0199. The number of allylic oxidation sites excluding steroid dienone is 11. The van der Waals surface area contributed by atoms with Gasteiger partial charge in [0.05, 0.1) is 38.6 Å². The Morgan fingerprint density at radius 1 is 0.343 bits per heavy atom. The van der Waals surface area contributed by atoms with Crippen LogP contribution < -0.4 is 5.32 Å². The van der Waals surface area contributed by atoms with Crippen LogP contribution >= 0.6 is 0 Å². The van der Waals surface area contributed by atoms with Gasteiger partial charge in [-0.15, -0.1) is 0 Å². The molecule has 0 aliphatic carbocycles. The van der Waals surface area contributed by atoms with E-state index in [0.29, 0.717) is 6.42 Å². The molecule has 3 fully saturated rings. The molecule has 1 amide bonds. The molecule has 17 atom stereocenters. The summed E-state index contributed by atoms with van der Waals surface area (Å²) >= 11 is 0. The second-order valence-electron chi connectivity index (χ2n) is 31.3. The normalized spacial score (nSPS) is 25.7. The summed E-state index contributed by atoms with van der Waals surface area (Å²) in [5.41, 5.74) is 0. The van der Waals surface area contributed by atoms with Crippen molar-refractivity contribution in [2.75, 3.05) is 26.4 Å². The second-order valence-corrected chi connectivity index (χ2v) is 31.3. The number of aliphatic hydroxyl groups excluding tert-OH is 11. The summed E-state index contributed by atoms with van der Waals surface area (Å²) in [4.78, 5) is 13.5. The third-order valence-corrected chi connectivity index (χ3v) is 21.8. The Labute approximate surface area is 655 Å². The lowest BCUT2D eigenvalue weighted by atomic mass is 9.96. The summed E-state index contributed by atoms with van der Waals surface area (Å²) in [6, 6.07) is -0.975. The molecule has 3 rings (SSSR count). The molecule has 108 heavy (non-hydrogen) atoms. The van der Waals surface area contributed by atoms with Crippen molar-refractivity contribution in [3.05, 3.63) is 72.9 Å². The monoisotopic (exact) mass is 1530 g/mol. The predicted molar refractivity (Wildman–Crippen MR) is 434 cm³/mol. The highest BCUT2D eigenvalue weighted by Gasteiger charge is 2.54. The first-order valence-electron chi connectivity index (χ1n) is 44.2. The molecule has 3 aliphatic heterocycles. The number of amides is 1. The summed E-state index contributed by atoms with van der Waals surface area (Å²) in [5.74, 6) is -0.269. The summed E-state index contributed by atoms with van der Waals surface area (Å²) in [6.07, 6.45) is 64.8. The third kappa shape index (κ3) is 47.2. The van der Waals surface area contributed by atoms with Crippen molar-refractivity contribution in [1.29, 1.82) is 0 Å². The van der Waals surface area contributed by atoms with Crippen molar-refractivity contribution >= 4 is 5.91 Å². The lowest BCUT2D eigenvalue weighted by Gasteiger charge is -2.48. The standard InChI is InChI=1S/C89H161NO18/c1-3-5-7-9-11-13-15-17-19-21-23-25-27-29-30-31-32-33-34-35-36-37-38-39-40-41-42-43-45-47-49-51-53-55-57-59-61-63-65-67-77(95)90-72(73(94)66-64-62-60-58-56-54-52-50-48-46-44-28-26-24-22-20-18-16-14-12-10-8-6-4-2)71-103-87-83(101)80(98)85(75(69-92)105-87)108-89-84(102)81(99)86(76(70-93)106-89)107-88-82(100)79(97)78(96)74(68-91)104-88/h5,7,11,13,17,19,23,25,29-30,64,66,72-76,78-89,91-94,96-102H,3-4,6,8-10,12,14-16,18,20-22,24,26-28,31-63,65,67-71H2,1-2H3,(H,90,95)/b7-5-,13-11-,19-17-,25-23-,30-29-,66-64+. The molecular formula is C89H161NO18. The first kappa shape index (κ1) is 99.4. The number of hydrogen-bond donors (Lipinski definition) is 12. The molecule has 3 heterocycles. The average Bonchev–Trinajstić information content (AvgIpc) is 0.775. The van der Waals surface area contributed by atoms with Gasteiger partial charge in [-0.05, 0) is 64.2 Å². The zero-order valence-electron chi connectivity index (χ0n) is 67.8. The smallest absolute Gasteiger partial charge is 0.220 e. The SMILES string of the molecule is CC/C=C\C/C=C\C/C=C\C/C=C\C/C=C\CCCCCCCCCCCCCCCCCCCCCCCCCC(=O)NC(COC1OC(CO)C(OC2OC(CO)C(OC3OC(CO)C(O)C(O)C3O)C(O)C2O)C(O)C1O)C(O)/C=C/CCCCCCCCCCCCCCCCCCCCCCCC. The number of ether oxygens (including phenoxy) is 6. The van der Waals surface area contributed by atoms with Gasteiger partial charge in [0.2, 0.25) is 5.91 Å². The zero-order valence-corrected chi connectivity index (χ0v) is 67.8. The molecule has 0 spiro atoms. The maximum Gasteiger partial charge on any atom is 0.220 e. The van der Waals surface area contributed by atoms with Gasteiger partial charge in [-0.3, -0.25) is 4.79 Å². The molecule has 19 nitrogen and oxygen atoms in total. The number of carbonyl (C=O) groups is 1. The molecule has 0 aromatic rings. The Kier molecular flexibility index (Phi) is 63.2. The fourth-order valence-corrected chi connectivity index (χ4v) is 14.8. The Balaban J connectivity index is 1.31. The van der Waals surface area contributed by atoms with E-state index in [-0.39, 0.29) is 18.9 Å². The van der Waals surface area contributed by atoms with Crippen molar-refractivity contribution < 1.29 is 89.4 Å². The molecule has 3 aliphatic rings. The van der Waals surface area contributed by atoms with E-state index in [2.05, 4.69) is 79.9 Å². The first-order chi connectivity index (χ1) is 52.8. The van der Waals surface area contributed by atoms with Gasteiger partial charge in [0.15, 0.2) is 18.9 Å². The molecule has 0 bridgehead atoms. The van der Waals surface area contributed by atoms with Crippen molar-refractivity contribution in [3.63, 3.8) is 0 Å². The molecular weight excluding hydrogens is 1370 g/mol. The number of aliphatic hydroxyl groups is 11. The Morgan fingerprint density at radius 2 is 0.639 bits per heavy atom. The van der Waals surface area contributed by atoms with Gasteiger partial charge in [0.25, 0.3) is 0 Å². The van der Waals surface area contributed by atoms with Gasteiger partial charge in [0.1, 0.15) is 73.2 Å². The highest BCUT2D eigenvalue weighted by molar-refractivity contribution is 5.76. The molecule has 0 saturated carbocycles. The highest BCUT2D eigenvalue weighted by atomic mass is 16.8. The average molecular weight is 1530 g/mol. The largest absolute Gasteiger partial charge is 0.394 e. The van der Waals surface area contributed by atoms with E-state index in [0.717, 1.165) is 77.0 Å². The fourth-order valence-electron chi connectivity index (χ4n) is 14.8. The van der Waals surface area contributed by atoms with Crippen LogP contribution in [0.1, 0.15) is 354 Å². The zero-order chi connectivity index (χ0) is 78.1. The fraction of sp³-hybridized carbons (Fsp3) is 0.854. The number of unbranched alkanes of at least 4 members (excludes halogenated alkanes) is 45. The maximum atomic E-state index is 13.5. The molecule has 19 heteroatoms. The van der Waals surface area contributed by atoms with Crippen LogP contribution in [-0.2, 0) is 33.2 Å². The van der Waals surface area contributed by atoms with E-state index < -0.39 is 124 Å². The molecule has 3 saturated heterocycles. The van der Waals surface area contributed by atoms with Crippen molar-refractivity contribution in [2.45, 2.75) is 458 Å². The summed E-state index contributed by atoms with van der Waals surface area (Å²) in [6.45, 7) is 1.67. The van der Waals surface area contributed by atoms with Gasteiger partial charge in [-0.25, -0.2) is 0 Å². The lowest BCUT2D eigenvalue weighted by molar-refractivity contribution is -0.379. The van der Waals surface area contributed by atoms with Gasteiger partial charge >= 0.3 is 0 Å². The molecule has 0 aromatic heterocycles. The van der Waals surface area contributed by atoms with Crippen LogP contribution in [0.2, 0.25) is 0 Å². The van der Waals surface area contributed by atoms with Crippen molar-refractivity contribution in [2.24, 2.45) is 0 Å². The van der Waals surface area contributed by atoms with Gasteiger partial charge in [-0.1, -0.05) is 356 Å². The van der Waals surface area contributed by atoms with E-state index in [1.807, 2.05) is 6.08 Å². The predicted octanol–water partition coefficient (Wildman–Crippen LogP) is 16.3. The minimum absolute atomic E-state index is 0.246. The second kappa shape index (κ2) is 68.6. The van der Waals surface area contributed by atoms with Gasteiger partial charge in [0, 0.05) is 6.42 Å². The minimum Gasteiger partial charge on any atom is -0.394 e. The van der Waals surface area contributed by atoms with Crippen molar-refractivity contribution in [1.82, 2.24) is 5.32 Å². The molecule has 12 N–H and O–H groups in total. The number of hydrogen-bond acceptors (Lipinski definition) is 18. The van der Waals surface area contributed by atoms with Gasteiger partial charge in [-0.2, -0.15) is 0 Å². The van der Waals surface area contributed by atoms with Crippen LogP contribution in [-0.4, -0.2) is 193 Å². The summed E-state index contributed by atoms with van der Waals surface area (Å²) in [5, 5.41) is 121. The van der Waals surface area contributed by atoms with Crippen LogP contribution in [0.25, 0.3) is 0 Å². The van der Waals surface area contributed by atoms with Crippen LogP contribution in [0.4, 0.5) is 0 Å². The minimum atomic E-state index is -1.98. The van der Waals surface area contributed by atoms with E-state index in [1.54, 1.807) is 6.08 Å². The topological polar surface area (TPSA) is 307 Å². The van der Waals surface area contributed by atoms with Crippen LogP contribution in [0.15, 0.2) is 72.9 Å². The molecule has 17 unspecified atom stereocenters. The number of nitrogens with one attached hydrogen (secondary N) is 1. The van der Waals surface area contributed by atoms with Crippen LogP contribution in [0.3, 0.4) is 0 Å². The Bertz CT molecular complexity index is 2230. The lowest BCUT2D eigenvalue weighted by Crippen LogP contribution is -2.66. The maximum absolute atomic E-state index is 13.5.